The van der Waals surface area contributed by atoms with E-state index in [1.807, 2.05) is 5.43 Å². The van der Waals surface area contributed by atoms with Gasteiger partial charge in [0.1, 0.15) is 12.6 Å². The molecule has 48 heavy (non-hydrogen) atoms. The van der Waals surface area contributed by atoms with E-state index in [2.05, 4.69) is 20.6 Å². The number of nitrogens with zero attached hydrogens (tertiary/aromatic N) is 2. The third-order valence-electron chi connectivity index (χ3n) is 7.37. The third kappa shape index (κ3) is 11.0. The first kappa shape index (κ1) is 40.2. The van der Waals surface area contributed by atoms with Crippen molar-refractivity contribution in [3.63, 3.8) is 0 Å². The minimum atomic E-state index is -4.97. The molecule has 0 spiro atoms. The van der Waals surface area contributed by atoms with Gasteiger partial charge in [0.15, 0.2) is 0 Å². The summed E-state index contributed by atoms with van der Waals surface area (Å²) in [7, 11) is 0.874. The van der Waals surface area contributed by atoms with Gasteiger partial charge in [-0.1, -0.05) is 38.1 Å². The van der Waals surface area contributed by atoms with E-state index in [9.17, 15) is 54.6 Å². The number of hydrazine groups is 1. The van der Waals surface area contributed by atoms with E-state index < -0.39 is 78.8 Å². The summed E-state index contributed by atoms with van der Waals surface area (Å²) in [6.07, 6.45) is -13.8. The highest BCUT2D eigenvalue weighted by atomic mass is 19.4. The lowest BCUT2D eigenvalue weighted by atomic mass is 9.83. The number of ether oxygens (including phenoxy) is 1. The van der Waals surface area contributed by atoms with E-state index in [1.54, 1.807) is 17.4 Å². The quantitative estimate of drug-likeness (QED) is 0.140. The van der Waals surface area contributed by atoms with E-state index in [0.717, 1.165) is 25.6 Å². The molecule has 1 aromatic heterocycles. The Bertz CT molecular complexity index is 1380. The van der Waals surface area contributed by atoms with Crippen LogP contribution in [0.5, 0.6) is 0 Å². The van der Waals surface area contributed by atoms with Crippen molar-refractivity contribution in [1.82, 2.24) is 31.3 Å². The molecule has 3 atom stereocenters. The fourth-order valence-corrected chi connectivity index (χ4v) is 4.11. The molecule has 0 aliphatic carbocycles. The van der Waals surface area contributed by atoms with Gasteiger partial charge in [-0.2, -0.15) is 31.4 Å². The molecule has 5 N–H and O–H groups in total. The summed E-state index contributed by atoms with van der Waals surface area (Å²) in [5.74, 6) is -2.57. The first-order valence-corrected chi connectivity index (χ1v) is 14.2. The van der Waals surface area contributed by atoms with Crippen molar-refractivity contribution in [2.75, 3.05) is 13.7 Å². The maximum absolute atomic E-state index is 13.7. The van der Waals surface area contributed by atoms with Gasteiger partial charge in [-0.05, 0) is 31.9 Å². The number of hydrogen-bond donors (Lipinski definition) is 5. The van der Waals surface area contributed by atoms with Crippen LogP contribution in [0.1, 0.15) is 33.3 Å². The molecule has 1 aromatic carbocycles. The fourth-order valence-electron chi connectivity index (χ4n) is 4.11. The second kappa shape index (κ2) is 15.9. The number of alkyl halides is 8. The average Bonchev–Trinajstić information content (AvgIpc) is 3.41. The van der Waals surface area contributed by atoms with Crippen LogP contribution < -0.4 is 21.5 Å². The largest absolute Gasteiger partial charge is 0.453 e. The SMILES string of the molecule is COC(=O)N[C@H](C(=O)NNC[C@H](O)[C@H](Cc1ccc(-c2ccn(CC(F)F)n2)cc1)NC(=O)[CH]C(C)(C)C(F)(F)F)C(C)(C)C(F)(F)F. The summed E-state index contributed by atoms with van der Waals surface area (Å²) in [5, 5.41) is 19.0. The zero-order valence-electron chi connectivity index (χ0n) is 26.5. The lowest BCUT2D eigenvalue weighted by Gasteiger charge is -2.35. The highest BCUT2D eigenvalue weighted by Crippen LogP contribution is 2.41. The topological polar surface area (TPSA) is 147 Å². The van der Waals surface area contributed by atoms with Crippen LogP contribution in [0.15, 0.2) is 36.5 Å². The summed E-state index contributed by atoms with van der Waals surface area (Å²) >= 11 is 0. The molecule has 1 heterocycles. The van der Waals surface area contributed by atoms with Crippen LogP contribution in [-0.2, 0) is 27.3 Å². The zero-order valence-corrected chi connectivity index (χ0v) is 26.5. The van der Waals surface area contributed by atoms with Crippen LogP contribution in [0, 0.1) is 17.3 Å². The second-order valence-electron chi connectivity index (χ2n) is 11.9. The molecule has 2 rings (SSSR count). The van der Waals surface area contributed by atoms with Crippen LogP contribution >= 0.6 is 0 Å². The number of alkyl carbamates (subject to hydrolysis) is 1. The molecule has 3 amide bonds. The molecular formula is C29H37F8N6O5. The average molecular weight is 702 g/mol. The van der Waals surface area contributed by atoms with Crippen molar-refractivity contribution in [2.45, 2.75) is 77.6 Å². The van der Waals surface area contributed by atoms with E-state index in [1.165, 1.54) is 24.4 Å². The van der Waals surface area contributed by atoms with Crippen molar-refractivity contribution in [3.8, 4) is 11.3 Å². The molecule has 0 aliphatic rings. The van der Waals surface area contributed by atoms with Crippen molar-refractivity contribution in [2.24, 2.45) is 10.8 Å². The summed E-state index contributed by atoms with van der Waals surface area (Å²) in [5.41, 5.74) is 0.157. The van der Waals surface area contributed by atoms with Gasteiger partial charge in [-0.25, -0.2) is 19.0 Å². The predicted molar refractivity (Wildman–Crippen MR) is 155 cm³/mol. The number of carbonyl (C=O) groups is 3. The first-order chi connectivity index (χ1) is 22.0. The van der Waals surface area contributed by atoms with Crippen LogP contribution in [0.25, 0.3) is 11.3 Å². The Balaban J connectivity index is 2.23. The van der Waals surface area contributed by atoms with Crippen LogP contribution in [-0.4, -0.2) is 83.4 Å². The number of halogens is 8. The maximum atomic E-state index is 13.7. The zero-order chi connectivity index (χ0) is 36.7. The number of benzene rings is 1. The number of amides is 3. The summed E-state index contributed by atoms with van der Waals surface area (Å²) < 4.78 is 112. The van der Waals surface area contributed by atoms with E-state index >= 15 is 0 Å². The van der Waals surface area contributed by atoms with Crippen molar-refractivity contribution < 1.29 is 59.4 Å². The number of hydrogen-bond acceptors (Lipinski definition) is 7. The van der Waals surface area contributed by atoms with Gasteiger partial charge in [0.25, 0.3) is 12.3 Å². The second-order valence-corrected chi connectivity index (χ2v) is 11.9. The maximum Gasteiger partial charge on any atom is 0.407 e. The van der Waals surface area contributed by atoms with E-state index in [4.69, 9.17) is 0 Å². The minimum Gasteiger partial charge on any atom is -0.453 e. The fraction of sp³-hybridized carbons (Fsp3) is 0.552. The molecule has 0 saturated heterocycles. The van der Waals surface area contributed by atoms with Gasteiger partial charge in [-0.15, -0.1) is 0 Å². The highest BCUT2D eigenvalue weighted by Gasteiger charge is 2.55. The number of carbonyl (C=O) groups excluding carboxylic acids is 3. The Kier molecular flexibility index (Phi) is 13.3. The number of rotatable bonds is 15. The van der Waals surface area contributed by atoms with E-state index in [-0.39, 0.29) is 6.42 Å². The van der Waals surface area contributed by atoms with Gasteiger partial charge in [0.2, 0.25) is 5.91 Å². The van der Waals surface area contributed by atoms with Crippen molar-refractivity contribution >= 4 is 17.9 Å². The number of aliphatic hydroxyl groups excluding tert-OH is 1. The minimum absolute atomic E-state index is 0.184. The van der Waals surface area contributed by atoms with Crippen molar-refractivity contribution in [1.29, 1.82) is 0 Å². The normalized spacial score (nSPS) is 14.6. The molecule has 0 saturated carbocycles. The molecule has 269 valence electrons. The van der Waals surface area contributed by atoms with Crippen LogP contribution in [0.3, 0.4) is 0 Å². The molecule has 19 heteroatoms. The molecule has 0 fully saturated rings. The lowest BCUT2D eigenvalue weighted by molar-refractivity contribution is -0.220. The van der Waals surface area contributed by atoms with Crippen molar-refractivity contribution in [3.05, 3.63) is 48.5 Å². The summed E-state index contributed by atoms with van der Waals surface area (Å²) in [6, 6.07) is 4.18. The first-order valence-electron chi connectivity index (χ1n) is 14.2. The molecule has 2 aromatic rings. The Hall–Kier alpha value is -4.00. The van der Waals surface area contributed by atoms with Crippen LogP contribution in [0.2, 0.25) is 0 Å². The Morgan fingerprint density at radius 2 is 1.56 bits per heavy atom. The van der Waals surface area contributed by atoms with E-state index in [0.29, 0.717) is 37.1 Å². The predicted octanol–water partition coefficient (Wildman–Crippen LogP) is 3.93. The Morgan fingerprint density at radius 1 is 0.958 bits per heavy atom. The van der Waals surface area contributed by atoms with Gasteiger partial charge < -0.3 is 20.5 Å². The number of methoxy groups -OCH3 is 1. The molecule has 0 bridgehead atoms. The standard InChI is InChI=1S/C29H37F8N6O5/c1-26(2,28(32,33)34)13-22(45)39-19(12-16-6-8-17(9-7-16)18-10-11-43(42-18)15-21(30)31)20(44)14-38-41-24(46)23(40-25(47)48-5)27(3,4)29(35,36)37/h6-11,13,19-21,23,38,44H,12,14-15H2,1-5H3,(H,39,45)(H,40,47)(H,41,46)/t19-,20-,23+/m0/s1. The summed E-state index contributed by atoms with van der Waals surface area (Å²) in [6.45, 7) is 1.60. The smallest absolute Gasteiger partial charge is 0.407 e. The molecular weight excluding hydrogens is 664 g/mol. The van der Waals surface area contributed by atoms with Gasteiger partial charge in [-0.3, -0.25) is 19.7 Å². The molecule has 0 unspecified atom stereocenters. The summed E-state index contributed by atoms with van der Waals surface area (Å²) in [4.78, 5) is 37.0. The van der Waals surface area contributed by atoms with Gasteiger partial charge in [0, 0.05) is 18.3 Å². The van der Waals surface area contributed by atoms with Gasteiger partial charge in [0.05, 0.1) is 42.2 Å². The highest BCUT2D eigenvalue weighted by molar-refractivity contribution is 5.86. The van der Waals surface area contributed by atoms with Gasteiger partial charge >= 0.3 is 18.4 Å². The monoisotopic (exact) mass is 701 g/mol. The van der Waals surface area contributed by atoms with Crippen LogP contribution in [0.4, 0.5) is 39.9 Å². The molecule has 0 aliphatic heterocycles. The number of nitrogens with one attached hydrogen (secondary N) is 4. The lowest BCUT2D eigenvalue weighted by Crippen LogP contribution is -2.61. The Labute approximate surface area is 270 Å². The Morgan fingerprint density at radius 3 is 2.08 bits per heavy atom. The third-order valence-corrected chi connectivity index (χ3v) is 7.37. The molecule has 11 nitrogen and oxygen atoms in total. The number of aliphatic hydroxyl groups is 1. The molecule has 1 radical (unpaired) electrons. The number of aromatic nitrogens is 2.